The van der Waals surface area contributed by atoms with Crippen molar-refractivity contribution in [2.45, 2.75) is 24.4 Å². The molecular weight excluding hydrogens is 138 g/mol. The predicted molar refractivity (Wildman–Crippen MR) is 30.7 cm³/mol. The molecule has 0 heterocycles. The Labute approximate surface area is 52.6 Å². The molecule has 0 amide bonds. The Morgan fingerprint density at radius 2 is 2.00 bits per heavy atom. The Morgan fingerprint density at radius 1 is 1.57 bits per heavy atom. The molecule has 0 N–H and O–H groups in total. The average molecular weight is 145 g/mol. The van der Waals surface area contributed by atoms with Crippen molar-refractivity contribution < 1.29 is 4.39 Å². The maximum Gasteiger partial charge on any atom is 0.138 e. The molecule has 1 unspecified atom stereocenters. The van der Waals surface area contributed by atoms with Gasteiger partial charge in [-0.15, -0.1) is 23.2 Å². The fourth-order valence-electron chi connectivity index (χ4n) is 0.178. The van der Waals surface area contributed by atoms with Crippen molar-refractivity contribution >= 4 is 23.2 Å². The summed E-state index contributed by atoms with van der Waals surface area (Å²) in [4.78, 5) is -0.856. The van der Waals surface area contributed by atoms with E-state index in [1.807, 2.05) is 0 Å². The lowest BCUT2D eigenvalue weighted by Gasteiger charge is -2.01. The van der Waals surface area contributed by atoms with Gasteiger partial charge >= 0.3 is 0 Å². The second kappa shape index (κ2) is 3.50. The largest absolute Gasteiger partial charge is 0.245 e. The molecule has 0 saturated heterocycles. The van der Waals surface area contributed by atoms with Crippen LogP contribution in [-0.2, 0) is 0 Å². The third-order valence-corrected chi connectivity index (χ3v) is 1.21. The van der Waals surface area contributed by atoms with E-state index in [0.29, 0.717) is 6.42 Å². The van der Waals surface area contributed by atoms with Crippen molar-refractivity contribution in [2.24, 2.45) is 0 Å². The van der Waals surface area contributed by atoms with Crippen LogP contribution in [0.25, 0.3) is 0 Å². The lowest BCUT2D eigenvalue weighted by molar-refractivity contribution is 0.343. The standard InChI is InChI=1S/C4H7Cl2F/c1-2-3(7)4(5)6/h3-4H,2H2,1H3. The number of hydrogen-bond donors (Lipinski definition) is 0. The first-order chi connectivity index (χ1) is 3.18. The quantitative estimate of drug-likeness (QED) is 0.523. The summed E-state index contributed by atoms with van der Waals surface area (Å²) < 4.78 is 12.0. The molecule has 0 saturated carbocycles. The van der Waals surface area contributed by atoms with Gasteiger partial charge in [-0.2, -0.15) is 0 Å². The van der Waals surface area contributed by atoms with Crippen LogP contribution in [0.4, 0.5) is 4.39 Å². The van der Waals surface area contributed by atoms with Crippen LogP contribution in [0.5, 0.6) is 0 Å². The van der Waals surface area contributed by atoms with Crippen LogP contribution in [0.2, 0.25) is 0 Å². The van der Waals surface area contributed by atoms with E-state index in [0.717, 1.165) is 0 Å². The van der Waals surface area contributed by atoms with Crippen LogP contribution < -0.4 is 0 Å². The van der Waals surface area contributed by atoms with E-state index in [4.69, 9.17) is 23.2 Å². The van der Waals surface area contributed by atoms with E-state index in [1.54, 1.807) is 6.92 Å². The highest BCUT2D eigenvalue weighted by Gasteiger charge is 2.11. The Morgan fingerprint density at radius 3 is 2.00 bits per heavy atom. The van der Waals surface area contributed by atoms with Crippen LogP contribution >= 0.6 is 23.2 Å². The first-order valence-electron chi connectivity index (χ1n) is 2.10. The number of hydrogen-bond acceptors (Lipinski definition) is 0. The zero-order valence-corrected chi connectivity index (χ0v) is 5.51. The number of alkyl halides is 3. The zero-order valence-electron chi connectivity index (χ0n) is 4.00. The minimum absolute atomic E-state index is 0.387. The predicted octanol–water partition coefficient (Wildman–Crippen LogP) is 2.54. The Balaban J connectivity index is 3.14. The second-order valence-electron chi connectivity index (χ2n) is 1.26. The molecule has 0 radical (unpaired) electrons. The van der Waals surface area contributed by atoms with E-state index < -0.39 is 11.0 Å². The second-order valence-corrected chi connectivity index (χ2v) is 2.42. The van der Waals surface area contributed by atoms with Crippen molar-refractivity contribution in [3.8, 4) is 0 Å². The molecule has 0 nitrogen and oxygen atoms in total. The topological polar surface area (TPSA) is 0 Å². The minimum Gasteiger partial charge on any atom is -0.245 e. The van der Waals surface area contributed by atoms with Crippen LogP contribution in [0.15, 0.2) is 0 Å². The molecule has 0 spiro atoms. The summed E-state index contributed by atoms with van der Waals surface area (Å²) in [6.45, 7) is 1.70. The zero-order chi connectivity index (χ0) is 5.86. The number of rotatable bonds is 2. The van der Waals surface area contributed by atoms with Gasteiger partial charge in [-0.05, 0) is 6.42 Å². The van der Waals surface area contributed by atoms with Crippen molar-refractivity contribution in [3.05, 3.63) is 0 Å². The fourth-order valence-corrected chi connectivity index (χ4v) is 0.535. The number of halogens is 3. The highest BCUT2D eigenvalue weighted by Crippen LogP contribution is 2.13. The lowest BCUT2D eigenvalue weighted by Crippen LogP contribution is -2.06. The highest BCUT2D eigenvalue weighted by molar-refractivity contribution is 6.44. The fraction of sp³-hybridized carbons (Fsp3) is 1.00. The molecule has 0 aliphatic rings. The van der Waals surface area contributed by atoms with Gasteiger partial charge in [0.15, 0.2) is 0 Å². The van der Waals surface area contributed by atoms with Gasteiger partial charge < -0.3 is 0 Å². The van der Waals surface area contributed by atoms with Crippen molar-refractivity contribution in [3.63, 3.8) is 0 Å². The van der Waals surface area contributed by atoms with Crippen LogP contribution in [-0.4, -0.2) is 11.0 Å². The summed E-state index contributed by atoms with van der Waals surface area (Å²) in [6.07, 6.45) is -0.680. The molecular formula is C4H7Cl2F. The summed E-state index contributed by atoms with van der Waals surface area (Å²) in [5.74, 6) is 0. The van der Waals surface area contributed by atoms with Gasteiger partial charge in [-0.1, -0.05) is 6.92 Å². The molecule has 0 aromatic carbocycles. The summed E-state index contributed by atoms with van der Waals surface area (Å²) >= 11 is 10.2. The van der Waals surface area contributed by atoms with Crippen molar-refractivity contribution in [1.29, 1.82) is 0 Å². The molecule has 0 aromatic heterocycles. The molecule has 7 heavy (non-hydrogen) atoms. The maximum atomic E-state index is 12.0. The Kier molecular flexibility index (Phi) is 3.76. The summed E-state index contributed by atoms with van der Waals surface area (Å²) in [5.41, 5.74) is 0. The Hall–Kier alpha value is 0.510. The van der Waals surface area contributed by atoms with Gasteiger partial charge in [0.05, 0.1) is 0 Å². The highest BCUT2D eigenvalue weighted by atomic mass is 35.5. The summed E-state index contributed by atoms with van der Waals surface area (Å²) in [7, 11) is 0. The van der Waals surface area contributed by atoms with Crippen LogP contribution in [0, 0.1) is 0 Å². The van der Waals surface area contributed by atoms with Gasteiger partial charge in [0, 0.05) is 0 Å². The summed E-state index contributed by atoms with van der Waals surface area (Å²) in [5, 5.41) is 0. The van der Waals surface area contributed by atoms with E-state index in [2.05, 4.69) is 0 Å². The lowest BCUT2D eigenvalue weighted by atomic mass is 10.3. The molecule has 0 aromatic rings. The molecule has 3 heteroatoms. The first kappa shape index (κ1) is 7.51. The van der Waals surface area contributed by atoms with E-state index in [-0.39, 0.29) is 0 Å². The van der Waals surface area contributed by atoms with Gasteiger partial charge in [0.1, 0.15) is 11.0 Å². The first-order valence-corrected chi connectivity index (χ1v) is 2.98. The van der Waals surface area contributed by atoms with Gasteiger partial charge in [-0.3, -0.25) is 0 Å². The molecule has 0 aliphatic heterocycles. The van der Waals surface area contributed by atoms with Crippen molar-refractivity contribution in [1.82, 2.24) is 0 Å². The third kappa shape index (κ3) is 3.12. The van der Waals surface area contributed by atoms with E-state index >= 15 is 0 Å². The minimum atomic E-state index is -1.07. The van der Waals surface area contributed by atoms with Crippen molar-refractivity contribution in [2.75, 3.05) is 0 Å². The normalized spacial score (nSPS) is 15.0. The van der Waals surface area contributed by atoms with E-state index in [9.17, 15) is 4.39 Å². The smallest absolute Gasteiger partial charge is 0.138 e. The molecule has 0 bridgehead atoms. The van der Waals surface area contributed by atoms with Gasteiger partial charge in [0.25, 0.3) is 0 Å². The monoisotopic (exact) mass is 144 g/mol. The van der Waals surface area contributed by atoms with Crippen LogP contribution in [0.3, 0.4) is 0 Å². The molecule has 0 fully saturated rings. The molecule has 44 valence electrons. The SMILES string of the molecule is CCC(F)C(Cl)Cl. The molecule has 0 aliphatic carbocycles. The van der Waals surface area contributed by atoms with Gasteiger partial charge in [-0.25, -0.2) is 4.39 Å². The van der Waals surface area contributed by atoms with Crippen LogP contribution in [0.1, 0.15) is 13.3 Å². The average Bonchev–Trinajstić information content (AvgIpc) is 1.65. The maximum absolute atomic E-state index is 12.0. The Bertz CT molecular complexity index is 47.0. The third-order valence-electron chi connectivity index (χ3n) is 0.663. The molecule has 0 rings (SSSR count). The molecule has 1 atom stereocenters. The summed E-state index contributed by atoms with van der Waals surface area (Å²) in [6, 6.07) is 0. The van der Waals surface area contributed by atoms with E-state index in [1.165, 1.54) is 0 Å². The van der Waals surface area contributed by atoms with Gasteiger partial charge in [0.2, 0.25) is 0 Å².